The van der Waals surface area contributed by atoms with E-state index in [4.69, 9.17) is 0 Å². The maximum absolute atomic E-state index is 11.4. The van der Waals surface area contributed by atoms with Crippen molar-refractivity contribution in [2.75, 3.05) is 6.79 Å². The lowest BCUT2D eigenvalue weighted by molar-refractivity contribution is -0.200. The molecule has 0 atom stereocenters. The van der Waals surface area contributed by atoms with Gasteiger partial charge in [0.05, 0.1) is 5.92 Å². The minimum atomic E-state index is -2.89. The van der Waals surface area contributed by atoms with Gasteiger partial charge >= 0.3 is 12.6 Å². The van der Waals surface area contributed by atoms with E-state index in [1.165, 1.54) is 0 Å². The third-order valence-electron chi connectivity index (χ3n) is 1.71. The Balaban J connectivity index is 3.60. The molecule has 13 heavy (non-hydrogen) atoms. The zero-order valence-corrected chi connectivity index (χ0v) is 7.76. The average molecular weight is 196 g/mol. The molecule has 0 heterocycles. The van der Waals surface area contributed by atoms with Crippen molar-refractivity contribution in [3.8, 4) is 0 Å². The lowest BCUT2D eigenvalue weighted by atomic mass is 10.0. The highest BCUT2D eigenvalue weighted by atomic mass is 19.3. The molecule has 0 aliphatic heterocycles. The Morgan fingerprint density at radius 3 is 2.23 bits per heavy atom. The zero-order valence-electron chi connectivity index (χ0n) is 7.76. The van der Waals surface area contributed by atoms with Crippen molar-refractivity contribution >= 4 is 5.97 Å². The van der Waals surface area contributed by atoms with E-state index >= 15 is 0 Å². The van der Waals surface area contributed by atoms with Gasteiger partial charge < -0.3 is 4.74 Å². The predicted molar refractivity (Wildman–Crippen MR) is 42.1 cm³/mol. The second kappa shape index (κ2) is 6.77. The van der Waals surface area contributed by atoms with E-state index in [9.17, 15) is 13.6 Å². The van der Waals surface area contributed by atoms with E-state index in [0.717, 1.165) is 0 Å². The molecule has 0 aromatic rings. The van der Waals surface area contributed by atoms with Crippen LogP contribution in [0, 0.1) is 5.92 Å². The first kappa shape index (κ1) is 12.3. The fourth-order valence-electron chi connectivity index (χ4n) is 0.883. The van der Waals surface area contributed by atoms with Crippen LogP contribution in [0.15, 0.2) is 0 Å². The van der Waals surface area contributed by atoms with E-state index in [0.29, 0.717) is 12.8 Å². The molecule has 0 spiro atoms. The molecule has 0 rings (SSSR count). The standard InChI is InChI=1S/C8H14F2O3/c1-3-6(4-2)7(11)12-5-13-8(9)10/h6,8H,3-5H2,1-2H3. The average Bonchev–Trinajstić information content (AvgIpc) is 2.05. The van der Waals surface area contributed by atoms with Gasteiger partial charge in [0.2, 0.25) is 0 Å². The number of halogens is 2. The second-order valence-electron chi connectivity index (χ2n) is 2.52. The molecule has 0 unspecified atom stereocenters. The summed E-state index contributed by atoms with van der Waals surface area (Å²) in [4.78, 5) is 11.0. The normalized spacial score (nSPS) is 10.9. The summed E-state index contributed by atoms with van der Waals surface area (Å²) >= 11 is 0. The SMILES string of the molecule is CCC(CC)C(=O)OCOC(F)F. The highest BCUT2D eigenvalue weighted by molar-refractivity contribution is 5.72. The summed E-state index contributed by atoms with van der Waals surface area (Å²) in [5.41, 5.74) is 0. The number of esters is 1. The molecule has 0 radical (unpaired) electrons. The Kier molecular flexibility index (Phi) is 6.40. The number of ether oxygens (including phenoxy) is 2. The summed E-state index contributed by atoms with van der Waals surface area (Å²) < 4.78 is 31.1. The number of rotatable bonds is 6. The van der Waals surface area contributed by atoms with Gasteiger partial charge in [-0.1, -0.05) is 13.8 Å². The van der Waals surface area contributed by atoms with Gasteiger partial charge in [-0.15, -0.1) is 0 Å². The summed E-state index contributed by atoms with van der Waals surface area (Å²) in [5, 5.41) is 0. The Labute approximate surface area is 76.0 Å². The van der Waals surface area contributed by atoms with E-state index in [-0.39, 0.29) is 5.92 Å². The molecule has 0 aromatic carbocycles. The Hall–Kier alpha value is -0.710. The quantitative estimate of drug-likeness (QED) is 0.482. The molecule has 0 fully saturated rings. The van der Waals surface area contributed by atoms with Crippen molar-refractivity contribution in [3.05, 3.63) is 0 Å². The van der Waals surface area contributed by atoms with Gasteiger partial charge in [0.25, 0.3) is 0 Å². The van der Waals surface area contributed by atoms with Crippen LogP contribution in [0.4, 0.5) is 8.78 Å². The van der Waals surface area contributed by atoms with Crippen molar-refractivity contribution in [1.82, 2.24) is 0 Å². The molecule has 0 amide bonds. The zero-order chi connectivity index (χ0) is 10.3. The molecule has 0 N–H and O–H groups in total. The highest BCUT2D eigenvalue weighted by Crippen LogP contribution is 2.09. The van der Waals surface area contributed by atoms with Crippen LogP contribution in [0.25, 0.3) is 0 Å². The first-order valence-corrected chi connectivity index (χ1v) is 4.18. The van der Waals surface area contributed by atoms with E-state index in [2.05, 4.69) is 9.47 Å². The van der Waals surface area contributed by atoms with E-state index in [1.54, 1.807) is 0 Å². The number of alkyl halides is 2. The van der Waals surface area contributed by atoms with Crippen LogP contribution < -0.4 is 0 Å². The number of hydrogen-bond acceptors (Lipinski definition) is 3. The number of carbonyl (C=O) groups is 1. The third kappa shape index (κ3) is 5.52. The van der Waals surface area contributed by atoms with Crippen molar-refractivity contribution in [2.45, 2.75) is 33.3 Å². The molecule has 0 aliphatic rings. The molecule has 78 valence electrons. The Morgan fingerprint density at radius 2 is 1.85 bits per heavy atom. The van der Waals surface area contributed by atoms with Gasteiger partial charge in [0.1, 0.15) is 0 Å². The smallest absolute Gasteiger partial charge is 0.348 e. The third-order valence-corrected chi connectivity index (χ3v) is 1.71. The minimum absolute atomic E-state index is 0.221. The lowest BCUT2D eigenvalue weighted by Crippen LogP contribution is -2.18. The maximum Gasteiger partial charge on any atom is 0.348 e. The van der Waals surface area contributed by atoms with Crippen LogP contribution in [0.1, 0.15) is 26.7 Å². The Morgan fingerprint density at radius 1 is 1.31 bits per heavy atom. The van der Waals surface area contributed by atoms with Gasteiger partial charge in [-0.05, 0) is 12.8 Å². The first-order chi connectivity index (χ1) is 6.11. The molecule has 3 nitrogen and oxygen atoms in total. The van der Waals surface area contributed by atoms with Crippen LogP contribution in [0.2, 0.25) is 0 Å². The molecule has 0 aliphatic carbocycles. The predicted octanol–water partition coefficient (Wildman–Crippen LogP) is 2.16. The van der Waals surface area contributed by atoms with Gasteiger partial charge in [-0.2, -0.15) is 8.78 Å². The van der Waals surface area contributed by atoms with E-state index < -0.39 is 19.4 Å². The van der Waals surface area contributed by atoms with Gasteiger partial charge in [0, 0.05) is 0 Å². The Bertz CT molecular complexity index is 146. The number of carbonyl (C=O) groups excluding carboxylic acids is 1. The summed E-state index contributed by atoms with van der Waals surface area (Å²) in [6, 6.07) is 0. The van der Waals surface area contributed by atoms with Crippen LogP contribution in [0.5, 0.6) is 0 Å². The first-order valence-electron chi connectivity index (χ1n) is 4.18. The summed E-state index contributed by atoms with van der Waals surface area (Å²) in [6.45, 7) is 0.106. The fourth-order valence-corrected chi connectivity index (χ4v) is 0.883. The minimum Gasteiger partial charge on any atom is -0.438 e. The second-order valence-corrected chi connectivity index (χ2v) is 2.52. The van der Waals surface area contributed by atoms with E-state index in [1.807, 2.05) is 13.8 Å². The molecule has 5 heteroatoms. The summed E-state index contributed by atoms with van der Waals surface area (Å²) in [7, 11) is 0. The summed E-state index contributed by atoms with van der Waals surface area (Å²) in [6.07, 6.45) is 1.29. The van der Waals surface area contributed by atoms with Crippen molar-refractivity contribution < 1.29 is 23.0 Å². The molecule has 0 bridgehead atoms. The monoisotopic (exact) mass is 196 g/mol. The topological polar surface area (TPSA) is 35.5 Å². The largest absolute Gasteiger partial charge is 0.438 e. The molecular formula is C8H14F2O3. The molecule has 0 saturated heterocycles. The van der Waals surface area contributed by atoms with Crippen molar-refractivity contribution in [3.63, 3.8) is 0 Å². The fraction of sp³-hybridized carbons (Fsp3) is 0.875. The van der Waals surface area contributed by atoms with Crippen LogP contribution in [-0.4, -0.2) is 19.4 Å². The maximum atomic E-state index is 11.4. The molecular weight excluding hydrogens is 182 g/mol. The highest BCUT2D eigenvalue weighted by Gasteiger charge is 2.15. The van der Waals surface area contributed by atoms with Gasteiger partial charge in [-0.3, -0.25) is 9.53 Å². The van der Waals surface area contributed by atoms with Crippen molar-refractivity contribution in [1.29, 1.82) is 0 Å². The van der Waals surface area contributed by atoms with Gasteiger partial charge in [-0.25, -0.2) is 0 Å². The lowest BCUT2D eigenvalue weighted by Gasteiger charge is -2.11. The van der Waals surface area contributed by atoms with Crippen LogP contribution in [0.3, 0.4) is 0 Å². The molecule has 0 aromatic heterocycles. The van der Waals surface area contributed by atoms with Crippen LogP contribution in [-0.2, 0) is 14.3 Å². The molecule has 0 saturated carbocycles. The van der Waals surface area contributed by atoms with Crippen molar-refractivity contribution in [2.24, 2.45) is 5.92 Å². The number of hydrogen-bond donors (Lipinski definition) is 0. The van der Waals surface area contributed by atoms with Crippen LogP contribution >= 0.6 is 0 Å². The van der Waals surface area contributed by atoms with Gasteiger partial charge in [0.15, 0.2) is 6.79 Å². The summed E-state index contributed by atoms with van der Waals surface area (Å²) in [5.74, 6) is -0.702.